The van der Waals surface area contributed by atoms with Crippen LogP contribution in [0.5, 0.6) is 0 Å². The van der Waals surface area contributed by atoms with E-state index < -0.39 is 26.8 Å². The highest BCUT2D eigenvalue weighted by molar-refractivity contribution is 7.92. The quantitative estimate of drug-likeness (QED) is 0.834. The number of hydrogen-bond donors (Lipinski definition) is 1. The van der Waals surface area contributed by atoms with Crippen LogP contribution >= 0.6 is 0 Å². The van der Waals surface area contributed by atoms with E-state index in [2.05, 4.69) is 0 Å². The molecule has 1 aromatic rings. The van der Waals surface area contributed by atoms with Crippen LogP contribution in [-0.4, -0.2) is 20.2 Å². The van der Waals surface area contributed by atoms with Gasteiger partial charge in [-0.05, 0) is 30.2 Å². The van der Waals surface area contributed by atoms with Crippen LogP contribution in [0.2, 0.25) is 0 Å². The van der Waals surface area contributed by atoms with Gasteiger partial charge in [-0.3, -0.25) is 0 Å². The maximum Gasteiger partial charge on any atom is 0.416 e. The minimum atomic E-state index is -4.46. The fraction of sp³-hybridized carbons (Fsp3) is 0.400. The van der Waals surface area contributed by atoms with Gasteiger partial charge in [0.25, 0.3) is 0 Å². The van der Waals surface area contributed by atoms with E-state index >= 15 is 0 Å². The Kier molecular flexibility index (Phi) is 2.70. The molecule has 3 nitrogen and oxygen atoms in total. The Morgan fingerprint density at radius 2 is 2.00 bits per heavy atom. The predicted octanol–water partition coefficient (Wildman–Crippen LogP) is 1.36. The lowest BCUT2D eigenvalue weighted by atomic mass is 10.1. The van der Waals surface area contributed by atoms with E-state index in [1.165, 1.54) is 0 Å². The minimum absolute atomic E-state index is 0.0269. The van der Waals surface area contributed by atoms with E-state index in [0.29, 0.717) is 0 Å². The van der Waals surface area contributed by atoms with Gasteiger partial charge in [0.1, 0.15) is 0 Å². The van der Waals surface area contributed by atoms with Crippen molar-refractivity contribution in [3.05, 3.63) is 29.3 Å². The molecule has 1 aromatic carbocycles. The molecule has 1 aliphatic rings. The van der Waals surface area contributed by atoms with E-state index in [1.807, 2.05) is 0 Å². The number of alkyl halides is 3. The fourth-order valence-corrected chi connectivity index (χ4v) is 3.71. The number of sulfone groups is 1. The molecular weight excluding hydrogens is 255 g/mol. The normalized spacial score (nSPS) is 22.5. The molecule has 1 heterocycles. The van der Waals surface area contributed by atoms with Crippen molar-refractivity contribution in [3.63, 3.8) is 0 Å². The SMILES string of the molecule is NCC1Cc2cc(C(F)(F)F)ccc2S1(=O)=O. The van der Waals surface area contributed by atoms with E-state index in [-0.39, 0.29) is 23.4 Å². The van der Waals surface area contributed by atoms with E-state index in [9.17, 15) is 21.6 Å². The molecule has 0 aromatic heterocycles. The molecule has 0 spiro atoms. The van der Waals surface area contributed by atoms with Crippen LogP contribution in [0.1, 0.15) is 11.1 Å². The van der Waals surface area contributed by atoms with Gasteiger partial charge in [-0.15, -0.1) is 0 Å². The minimum Gasteiger partial charge on any atom is -0.329 e. The van der Waals surface area contributed by atoms with E-state index in [0.717, 1.165) is 18.2 Å². The van der Waals surface area contributed by atoms with Crippen molar-refractivity contribution in [1.82, 2.24) is 0 Å². The Morgan fingerprint density at radius 3 is 2.53 bits per heavy atom. The Labute approximate surface area is 96.3 Å². The van der Waals surface area contributed by atoms with Gasteiger partial charge in [-0.1, -0.05) is 0 Å². The highest BCUT2D eigenvalue weighted by Crippen LogP contribution is 2.36. The number of rotatable bonds is 1. The van der Waals surface area contributed by atoms with Gasteiger partial charge in [0.15, 0.2) is 9.84 Å². The third-order valence-electron chi connectivity index (χ3n) is 2.84. The molecule has 17 heavy (non-hydrogen) atoms. The number of benzene rings is 1. The second-order valence-corrected chi connectivity index (χ2v) is 6.12. The van der Waals surface area contributed by atoms with Crippen molar-refractivity contribution in [2.75, 3.05) is 6.54 Å². The third kappa shape index (κ3) is 1.93. The zero-order valence-corrected chi connectivity index (χ0v) is 9.48. The number of nitrogens with two attached hydrogens (primary N) is 1. The summed E-state index contributed by atoms with van der Waals surface area (Å²) >= 11 is 0. The predicted molar refractivity (Wildman–Crippen MR) is 55.2 cm³/mol. The summed E-state index contributed by atoms with van der Waals surface area (Å²) < 4.78 is 61.0. The molecule has 0 saturated carbocycles. The van der Waals surface area contributed by atoms with Crippen molar-refractivity contribution in [2.24, 2.45) is 5.73 Å². The van der Waals surface area contributed by atoms with Gasteiger partial charge in [-0.2, -0.15) is 13.2 Å². The Hall–Kier alpha value is -1.08. The molecule has 1 atom stereocenters. The summed E-state index contributed by atoms with van der Waals surface area (Å²) in [6.45, 7) is -0.0850. The largest absolute Gasteiger partial charge is 0.416 e. The van der Waals surface area contributed by atoms with Crippen LogP contribution in [0.25, 0.3) is 0 Å². The zero-order valence-electron chi connectivity index (χ0n) is 8.66. The smallest absolute Gasteiger partial charge is 0.329 e. The van der Waals surface area contributed by atoms with E-state index in [1.54, 1.807) is 0 Å². The Balaban J connectivity index is 2.54. The molecule has 0 radical (unpaired) electrons. The molecule has 2 N–H and O–H groups in total. The second-order valence-electron chi connectivity index (χ2n) is 3.93. The molecule has 2 rings (SSSR count). The van der Waals surface area contributed by atoms with Crippen LogP contribution in [0.3, 0.4) is 0 Å². The summed E-state index contributed by atoms with van der Waals surface area (Å²) in [5.41, 5.74) is 4.69. The first-order valence-corrected chi connectivity index (χ1v) is 6.45. The zero-order chi connectivity index (χ0) is 12.8. The van der Waals surface area contributed by atoms with Crippen LogP contribution in [0.4, 0.5) is 13.2 Å². The highest BCUT2D eigenvalue weighted by atomic mass is 32.2. The molecular formula is C10H10F3NO2S. The van der Waals surface area contributed by atoms with Gasteiger partial charge in [0.05, 0.1) is 15.7 Å². The van der Waals surface area contributed by atoms with Crippen LogP contribution in [-0.2, 0) is 22.4 Å². The summed E-state index contributed by atoms with van der Waals surface area (Å²) in [4.78, 5) is -0.0269. The average Bonchev–Trinajstić information content (AvgIpc) is 2.48. The molecule has 1 aliphatic heterocycles. The molecule has 7 heteroatoms. The Morgan fingerprint density at radius 1 is 1.35 bits per heavy atom. The third-order valence-corrected chi connectivity index (χ3v) is 5.09. The van der Waals surface area contributed by atoms with Gasteiger partial charge < -0.3 is 5.73 Å². The highest BCUT2D eigenvalue weighted by Gasteiger charge is 2.38. The van der Waals surface area contributed by atoms with Crippen molar-refractivity contribution in [1.29, 1.82) is 0 Å². The monoisotopic (exact) mass is 265 g/mol. The molecule has 94 valence electrons. The maximum absolute atomic E-state index is 12.5. The molecule has 0 fully saturated rings. The van der Waals surface area contributed by atoms with Crippen molar-refractivity contribution in [2.45, 2.75) is 22.7 Å². The number of halogens is 3. The standard InChI is InChI=1S/C10H10F3NO2S/c11-10(12,13)7-1-2-9-6(3-7)4-8(5-14)17(9,15)16/h1-3,8H,4-5,14H2. The van der Waals surface area contributed by atoms with Crippen LogP contribution in [0, 0.1) is 0 Å². The maximum atomic E-state index is 12.5. The fourth-order valence-electron chi connectivity index (χ4n) is 1.94. The topological polar surface area (TPSA) is 60.2 Å². The molecule has 0 saturated heterocycles. The van der Waals surface area contributed by atoms with Crippen LogP contribution in [0.15, 0.2) is 23.1 Å². The summed E-state index contributed by atoms with van der Waals surface area (Å²) in [5, 5.41) is -0.805. The van der Waals surface area contributed by atoms with Gasteiger partial charge in [0, 0.05) is 6.54 Å². The van der Waals surface area contributed by atoms with Crippen molar-refractivity contribution in [3.8, 4) is 0 Å². The van der Waals surface area contributed by atoms with Crippen molar-refractivity contribution >= 4 is 9.84 Å². The molecule has 0 aliphatic carbocycles. The summed E-state index contributed by atoms with van der Waals surface area (Å²) in [7, 11) is -3.55. The average molecular weight is 265 g/mol. The lowest BCUT2D eigenvalue weighted by Gasteiger charge is -2.07. The molecule has 1 unspecified atom stereocenters. The first-order valence-electron chi connectivity index (χ1n) is 4.91. The van der Waals surface area contributed by atoms with Gasteiger partial charge >= 0.3 is 6.18 Å². The summed E-state index contributed by atoms with van der Waals surface area (Å²) in [6.07, 6.45) is -4.41. The number of hydrogen-bond acceptors (Lipinski definition) is 3. The first kappa shape index (κ1) is 12.4. The second kappa shape index (κ2) is 3.71. The van der Waals surface area contributed by atoms with E-state index in [4.69, 9.17) is 5.73 Å². The van der Waals surface area contributed by atoms with Gasteiger partial charge in [-0.25, -0.2) is 8.42 Å². The molecule has 0 bridgehead atoms. The van der Waals surface area contributed by atoms with Gasteiger partial charge in [0.2, 0.25) is 0 Å². The lowest BCUT2D eigenvalue weighted by molar-refractivity contribution is -0.137. The molecule has 0 amide bonds. The first-order chi connectivity index (χ1) is 7.76. The lowest BCUT2D eigenvalue weighted by Crippen LogP contribution is -2.26. The van der Waals surface area contributed by atoms with Crippen LogP contribution < -0.4 is 5.73 Å². The number of fused-ring (bicyclic) bond motifs is 1. The summed E-state index contributed by atoms with van der Waals surface area (Å²) in [6, 6.07) is 2.70. The van der Waals surface area contributed by atoms with Crippen molar-refractivity contribution < 1.29 is 21.6 Å². The Bertz CT molecular complexity index is 551. The summed E-state index contributed by atoms with van der Waals surface area (Å²) in [5.74, 6) is 0.